The first-order valence-electron chi connectivity index (χ1n) is 5.58. The molecule has 90 valence electrons. The number of pyridine rings is 1. The van der Waals surface area contributed by atoms with Gasteiger partial charge in [0.2, 0.25) is 0 Å². The van der Waals surface area contributed by atoms with Crippen molar-refractivity contribution in [2.75, 3.05) is 7.05 Å². The molecule has 0 radical (unpaired) electrons. The van der Waals surface area contributed by atoms with E-state index in [9.17, 15) is 0 Å². The molecule has 5 heteroatoms. The van der Waals surface area contributed by atoms with Crippen LogP contribution < -0.4 is 5.32 Å². The number of imidazole rings is 1. The number of nitrogens with zero attached hydrogens (tertiary/aromatic N) is 3. The molecule has 0 bridgehead atoms. The van der Waals surface area contributed by atoms with Gasteiger partial charge in [0.05, 0.1) is 5.02 Å². The van der Waals surface area contributed by atoms with E-state index in [4.69, 9.17) is 11.6 Å². The Hall–Kier alpha value is -1.39. The predicted octanol–water partition coefficient (Wildman–Crippen LogP) is 2.20. The van der Waals surface area contributed by atoms with Crippen LogP contribution in [0.2, 0.25) is 5.02 Å². The van der Waals surface area contributed by atoms with Crippen LogP contribution in [0.4, 0.5) is 0 Å². The smallest absolute Gasteiger partial charge is 0.156 e. The number of hydrogen-bond donors (Lipinski definition) is 1. The van der Waals surface area contributed by atoms with Gasteiger partial charge in [-0.1, -0.05) is 18.5 Å². The lowest BCUT2D eigenvalue weighted by atomic mass is 10.3. The van der Waals surface area contributed by atoms with Gasteiger partial charge < -0.3 is 5.32 Å². The summed E-state index contributed by atoms with van der Waals surface area (Å²) in [6.07, 6.45) is 6.32. The monoisotopic (exact) mass is 250 g/mol. The standard InChI is InChI=1S/C12H15ClN4/c1-3-11-15-4-5-17(11)12-10(13)6-9(7-14-2)8-16-12/h4-6,8,14H,3,7H2,1-2H3. The first-order valence-corrected chi connectivity index (χ1v) is 5.95. The number of hydrogen-bond acceptors (Lipinski definition) is 3. The van der Waals surface area contributed by atoms with E-state index >= 15 is 0 Å². The van der Waals surface area contributed by atoms with Crippen LogP contribution in [0.25, 0.3) is 5.82 Å². The molecule has 4 nitrogen and oxygen atoms in total. The lowest BCUT2D eigenvalue weighted by molar-refractivity contribution is 0.807. The van der Waals surface area contributed by atoms with Crippen LogP contribution in [0.1, 0.15) is 18.3 Å². The molecule has 1 N–H and O–H groups in total. The van der Waals surface area contributed by atoms with Crippen molar-refractivity contribution in [1.82, 2.24) is 19.9 Å². The molecule has 2 aromatic heterocycles. The third kappa shape index (κ3) is 2.48. The SMILES string of the molecule is CCc1nccn1-c1ncc(CNC)cc1Cl. The Morgan fingerprint density at radius 1 is 1.41 bits per heavy atom. The Labute approximate surface area is 106 Å². The number of halogens is 1. The molecule has 0 atom stereocenters. The topological polar surface area (TPSA) is 42.7 Å². The molecule has 0 saturated carbocycles. The lowest BCUT2D eigenvalue weighted by Crippen LogP contribution is -2.07. The van der Waals surface area contributed by atoms with Crippen molar-refractivity contribution in [3.05, 3.63) is 41.1 Å². The van der Waals surface area contributed by atoms with E-state index in [-0.39, 0.29) is 0 Å². The summed E-state index contributed by atoms with van der Waals surface area (Å²) in [5, 5.41) is 3.71. The van der Waals surface area contributed by atoms with Crippen LogP contribution in [0.15, 0.2) is 24.7 Å². The maximum atomic E-state index is 6.25. The summed E-state index contributed by atoms with van der Waals surface area (Å²) >= 11 is 6.25. The van der Waals surface area contributed by atoms with Crippen LogP contribution in [0, 0.1) is 0 Å². The lowest BCUT2D eigenvalue weighted by Gasteiger charge is -2.09. The molecule has 17 heavy (non-hydrogen) atoms. The van der Waals surface area contributed by atoms with Gasteiger partial charge >= 0.3 is 0 Å². The van der Waals surface area contributed by atoms with Crippen LogP contribution in [0.5, 0.6) is 0 Å². The third-order valence-corrected chi connectivity index (χ3v) is 2.80. The fourth-order valence-corrected chi connectivity index (χ4v) is 2.02. The third-order valence-electron chi connectivity index (χ3n) is 2.52. The van der Waals surface area contributed by atoms with Crippen LogP contribution in [0.3, 0.4) is 0 Å². The second-order valence-corrected chi connectivity index (χ2v) is 4.15. The van der Waals surface area contributed by atoms with Crippen molar-refractivity contribution >= 4 is 11.6 Å². The van der Waals surface area contributed by atoms with Gasteiger partial charge in [-0.3, -0.25) is 4.57 Å². The van der Waals surface area contributed by atoms with E-state index in [1.807, 2.05) is 30.1 Å². The van der Waals surface area contributed by atoms with Gasteiger partial charge in [-0.25, -0.2) is 9.97 Å². The quantitative estimate of drug-likeness (QED) is 0.905. The zero-order chi connectivity index (χ0) is 12.3. The van der Waals surface area contributed by atoms with Crippen molar-refractivity contribution in [2.45, 2.75) is 19.9 Å². The summed E-state index contributed by atoms with van der Waals surface area (Å²) < 4.78 is 1.92. The highest BCUT2D eigenvalue weighted by Crippen LogP contribution is 2.20. The van der Waals surface area contributed by atoms with Crippen molar-refractivity contribution in [3.8, 4) is 5.82 Å². The van der Waals surface area contributed by atoms with Gasteiger partial charge in [-0.2, -0.15) is 0 Å². The molecule has 0 saturated heterocycles. The first kappa shape index (κ1) is 12.1. The van der Waals surface area contributed by atoms with E-state index in [0.29, 0.717) is 5.02 Å². The summed E-state index contributed by atoms with van der Waals surface area (Å²) in [5.41, 5.74) is 1.07. The highest BCUT2D eigenvalue weighted by molar-refractivity contribution is 6.32. The van der Waals surface area contributed by atoms with E-state index in [1.165, 1.54) is 0 Å². The van der Waals surface area contributed by atoms with Gasteiger partial charge in [-0.15, -0.1) is 0 Å². The van der Waals surface area contributed by atoms with E-state index < -0.39 is 0 Å². The minimum absolute atomic E-state index is 0.644. The Balaban J connectivity index is 2.39. The molecular weight excluding hydrogens is 236 g/mol. The second-order valence-electron chi connectivity index (χ2n) is 3.75. The Kier molecular flexibility index (Phi) is 3.76. The average molecular weight is 251 g/mol. The van der Waals surface area contributed by atoms with Crippen molar-refractivity contribution in [1.29, 1.82) is 0 Å². The summed E-state index contributed by atoms with van der Waals surface area (Å²) in [7, 11) is 1.90. The molecule has 2 aromatic rings. The maximum absolute atomic E-state index is 6.25. The molecule has 2 rings (SSSR count). The number of rotatable bonds is 4. The Morgan fingerprint density at radius 3 is 2.88 bits per heavy atom. The van der Waals surface area contributed by atoms with Crippen molar-refractivity contribution in [3.63, 3.8) is 0 Å². The summed E-state index contributed by atoms with van der Waals surface area (Å²) in [5.74, 6) is 1.70. The molecular formula is C12H15ClN4. The maximum Gasteiger partial charge on any atom is 0.156 e. The average Bonchev–Trinajstić information content (AvgIpc) is 2.77. The van der Waals surface area contributed by atoms with Crippen molar-refractivity contribution < 1.29 is 0 Å². The zero-order valence-corrected chi connectivity index (χ0v) is 10.7. The number of aryl methyl sites for hydroxylation is 1. The molecule has 0 aromatic carbocycles. The summed E-state index contributed by atoms with van der Waals surface area (Å²) in [4.78, 5) is 8.66. The predicted molar refractivity (Wildman–Crippen MR) is 68.5 cm³/mol. The van der Waals surface area contributed by atoms with Crippen LogP contribution in [-0.4, -0.2) is 21.6 Å². The molecule has 0 aliphatic heterocycles. The number of nitrogens with one attached hydrogen (secondary N) is 1. The van der Waals surface area contributed by atoms with E-state index in [0.717, 1.165) is 30.2 Å². The van der Waals surface area contributed by atoms with Gasteiger partial charge in [-0.05, 0) is 18.7 Å². The number of aromatic nitrogens is 3. The largest absolute Gasteiger partial charge is 0.316 e. The molecule has 0 spiro atoms. The zero-order valence-electron chi connectivity index (χ0n) is 9.94. The molecule has 0 amide bonds. The fraction of sp³-hybridized carbons (Fsp3) is 0.333. The molecule has 0 fully saturated rings. The van der Waals surface area contributed by atoms with E-state index in [2.05, 4.69) is 22.2 Å². The van der Waals surface area contributed by atoms with Crippen LogP contribution in [-0.2, 0) is 13.0 Å². The van der Waals surface area contributed by atoms with Gasteiger partial charge in [0.15, 0.2) is 5.82 Å². The van der Waals surface area contributed by atoms with Crippen molar-refractivity contribution in [2.24, 2.45) is 0 Å². The molecule has 0 aliphatic carbocycles. The second kappa shape index (κ2) is 5.29. The summed E-state index contributed by atoms with van der Waals surface area (Å²) in [6.45, 7) is 2.82. The van der Waals surface area contributed by atoms with E-state index in [1.54, 1.807) is 6.20 Å². The molecule has 2 heterocycles. The first-order chi connectivity index (χ1) is 8.26. The highest BCUT2D eigenvalue weighted by atomic mass is 35.5. The van der Waals surface area contributed by atoms with Gasteiger partial charge in [0, 0.05) is 31.6 Å². The minimum atomic E-state index is 0.644. The Bertz CT molecular complexity index is 507. The Morgan fingerprint density at radius 2 is 2.24 bits per heavy atom. The van der Waals surface area contributed by atoms with Gasteiger partial charge in [0.25, 0.3) is 0 Å². The molecule has 0 unspecified atom stereocenters. The normalized spacial score (nSPS) is 10.8. The summed E-state index contributed by atoms with van der Waals surface area (Å²) in [6, 6.07) is 1.93. The van der Waals surface area contributed by atoms with Gasteiger partial charge in [0.1, 0.15) is 5.82 Å². The van der Waals surface area contributed by atoms with Crippen LogP contribution >= 0.6 is 11.6 Å². The highest BCUT2D eigenvalue weighted by Gasteiger charge is 2.09. The minimum Gasteiger partial charge on any atom is -0.316 e. The molecule has 0 aliphatic rings. The fourth-order valence-electron chi connectivity index (χ4n) is 1.74.